The Bertz CT molecular complexity index is 665. The molecule has 0 radical (unpaired) electrons. The number of aliphatic hydroxyl groups is 1. The van der Waals surface area contributed by atoms with Gasteiger partial charge in [-0.25, -0.2) is 13.6 Å². The predicted molar refractivity (Wildman–Crippen MR) is 74.1 cm³/mol. The molecule has 3 nitrogen and oxygen atoms in total. The molecule has 0 spiro atoms. The Balaban J connectivity index is 2.56. The van der Waals surface area contributed by atoms with E-state index in [1.165, 1.54) is 11.3 Å². The SMILES string of the molecule is Cc1cc(C(O)c2cc(F)c(F)cc2C(=O)O)sc1Br. The topological polar surface area (TPSA) is 57.5 Å². The summed E-state index contributed by atoms with van der Waals surface area (Å²) in [7, 11) is 0. The van der Waals surface area contributed by atoms with Crippen LogP contribution in [0, 0.1) is 18.6 Å². The molecule has 2 rings (SSSR count). The van der Waals surface area contributed by atoms with E-state index in [2.05, 4.69) is 15.9 Å². The highest BCUT2D eigenvalue weighted by Crippen LogP contribution is 2.35. The van der Waals surface area contributed by atoms with E-state index >= 15 is 0 Å². The quantitative estimate of drug-likeness (QED) is 0.870. The summed E-state index contributed by atoms with van der Waals surface area (Å²) in [5.74, 6) is -3.89. The lowest BCUT2D eigenvalue weighted by Crippen LogP contribution is -2.09. The third-order valence-corrected chi connectivity index (χ3v) is 4.95. The van der Waals surface area contributed by atoms with Crippen LogP contribution in [0.2, 0.25) is 0 Å². The number of aliphatic hydroxyl groups excluding tert-OH is 1. The lowest BCUT2D eigenvalue weighted by atomic mass is 10.0. The van der Waals surface area contributed by atoms with Crippen molar-refractivity contribution in [2.24, 2.45) is 0 Å². The molecule has 0 saturated carbocycles. The summed E-state index contributed by atoms with van der Waals surface area (Å²) in [6.07, 6.45) is -1.33. The van der Waals surface area contributed by atoms with Gasteiger partial charge in [-0.15, -0.1) is 11.3 Å². The van der Waals surface area contributed by atoms with E-state index in [0.717, 1.165) is 9.35 Å². The normalized spacial score (nSPS) is 12.4. The molecule has 20 heavy (non-hydrogen) atoms. The lowest BCUT2D eigenvalue weighted by Gasteiger charge is -2.12. The van der Waals surface area contributed by atoms with Gasteiger partial charge in [0, 0.05) is 10.4 Å². The van der Waals surface area contributed by atoms with Crippen LogP contribution in [0.15, 0.2) is 22.0 Å². The number of benzene rings is 1. The lowest BCUT2D eigenvalue weighted by molar-refractivity contribution is 0.0690. The molecule has 0 fully saturated rings. The highest BCUT2D eigenvalue weighted by molar-refractivity contribution is 9.11. The van der Waals surface area contributed by atoms with Gasteiger partial charge < -0.3 is 10.2 Å². The van der Waals surface area contributed by atoms with Gasteiger partial charge in [0.15, 0.2) is 11.6 Å². The first-order valence-corrected chi connectivity index (χ1v) is 7.08. The van der Waals surface area contributed by atoms with Crippen LogP contribution in [-0.2, 0) is 0 Å². The minimum Gasteiger partial charge on any atom is -0.478 e. The Hall–Kier alpha value is -1.31. The van der Waals surface area contributed by atoms with E-state index in [9.17, 15) is 18.7 Å². The Morgan fingerprint density at radius 2 is 1.90 bits per heavy atom. The van der Waals surface area contributed by atoms with Gasteiger partial charge in [-0.05, 0) is 46.6 Å². The zero-order valence-corrected chi connectivity index (χ0v) is 12.6. The molecule has 106 valence electrons. The fourth-order valence-electron chi connectivity index (χ4n) is 1.75. The van der Waals surface area contributed by atoms with Gasteiger partial charge in [-0.2, -0.15) is 0 Å². The number of hydrogen-bond acceptors (Lipinski definition) is 3. The molecule has 0 aliphatic carbocycles. The highest BCUT2D eigenvalue weighted by atomic mass is 79.9. The van der Waals surface area contributed by atoms with Crippen LogP contribution in [0.3, 0.4) is 0 Å². The van der Waals surface area contributed by atoms with Crippen LogP contribution in [0.4, 0.5) is 8.78 Å². The molecule has 1 heterocycles. The fraction of sp³-hybridized carbons (Fsp3) is 0.154. The van der Waals surface area contributed by atoms with Gasteiger partial charge in [-0.3, -0.25) is 0 Å². The fourth-order valence-corrected chi connectivity index (χ4v) is 3.32. The molecule has 1 unspecified atom stereocenters. The number of hydrogen-bond donors (Lipinski definition) is 2. The van der Waals surface area contributed by atoms with Crippen molar-refractivity contribution in [2.75, 3.05) is 0 Å². The Morgan fingerprint density at radius 1 is 1.30 bits per heavy atom. The maximum atomic E-state index is 13.3. The molecule has 7 heteroatoms. The van der Waals surface area contributed by atoms with E-state index in [-0.39, 0.29) is 5.56 Å². The first-order valence-electron chi connectivity index (χ1n) is 5.47. The van der Waals surface area contributed by atoms with E-state index < -0.39 is 29.3 Å². The van der Waals surface area contributed by atoms with Gasteiger partial charge >= 0.3 is 5.97 Å². The summed E-state index contributed by atoms with van der Waals surface area (Å²) in [6, 6.07) is 2.95. The maximum absolute atomic E-state index is 13.3. The predicted octanol–water partition coefficient (Wildman–Crippen LogP) is 3.88. The van der Waals surface area contributed by atoms with Crippen molar-refractivity contribution in [3.05, 3.63) is 55.2 Å². The van der Waals surface area contributed by atoms with Gasteiger partial charge in [0.2, 0.25) is 0 Å². The van der Waals surface area contributed by atoms with E-state index in [0.29, 0.717) is 17.0 Å². The zero-order valence-electron chi connectivity index (χ0n) is 10.2. The number of carboxylic acid groups (broad SMARTS) is 1. The van der Waals surface area contributed by atoms with Gasteiger partial charge in [0.1, 0.15) is 6.10 Å². The van der Waals surface area contributed by atoms with Crippen molar-refractivity contribution in [1.82, 2.24) is 0 Å². The van der Waals surface area contributed by atoms with Crippen molar-refractivity contribution >= 4 is 33.2 Å². The molecule has 2 N–H and O–H groups in total. The number of rotatable bonds is 3. The summed E-state index contributed by atoms with van der Waals surface area (Å²) in [6.45, 7) is 1.81. The summed E-state index contributed by atoms with van der Waals surface area (Å²) in [5.41, 5.74) is 0.229. The zero-order chi connectivity index (χ0) is 15.0. The van der Waals surface area contributed by atoms with Crippen molar-refractivity contribution in [3.63, 3.8) is 0 Å². The highest BCUT2D eigenvalue weighted by Gasteiger charge is 2.23. The monoisotopic (exact) mass is 362 g/mol. The third-order valence-electron chi connectivity index (χ3n) is 2.76. The van der Waals surface area contributed by atoms with Gasteiger partial charge in [-0.1, -0.05) is 0 Å². The maximum Gasteiger partial charge on any atom is 0.336 e. The number of halogens is 3. The first-order chi connectivity index (χ1) is 9.31. The number of carbonyl (C=O) groups is 1. The van der Waals surface area contributed by atoms with Crippen LogP contribution < -0.4 is 0 Å². The van der Waals surface area contributed by atoms with Crippen LogP contribution in [0.25, 0.3) is 0 Å². The summed E-state index contributed by atoms with van der Waals surface area (Å²) >= 11 is 4.49. The third kappa shape index (κ3) is 2.74. The Kier molecular flexibility index (Phi) is 4.22. The van der Waals surface area contributed by atoms with Crippen LogP contribution in [-0.4, -0.2) is 16.2 Å². The summed E-state index contributed by atoms with van der Waals surface area (Å²) in [4.78, 5) is 11.5. The first kappa shape index (κ1) is 15.1. The standard InChI is InChI=1S/C13H9BrF2O3S/c1-5-2-10(20-12(5)14)11(17)6-3-8(15)9(16)4-7(6)13(18)19/h2-4,11,17H,1H3,(H,18,19). The van der Waals surface area contributed by atoms with E-state index in [1.54, 1.807) is 13.0 Å². The molecular formula is C13H9BrF2O3S. The van der Waals surface area contributed by atoms with E-state index in [4.69, 9.17) is 5.11 Å². The van der Waals surface area contributed by atoms with Crippen LogP contribution in [0.5, 0.6) is 0 Å². The second kappa shape index (κ2) is 5.59. The van der Waals surface area contributed by atoms with Crippen molar-refractivity contribution in [1.29, 1.82) is 0 Å². The average Bonchev–Trinajstić information content (AvgIpc) is 2.71. The molecule has 1 aromatic carbocycles. The molecule has 0 aliphatic rings. The number of aromatic carboxylic acids is 1. The van der Waals surface area contributed by atoms with Crippen molar-refractivity contribution < 1.29 is 23.8 Å². The van der Waals surface area contributed by atoms with Crippen molar-refractivity contribution in [2.45, 2.75) is 13.0 Å². The number of thiophene rings is 1. The number of carboxylic acids is 1. The minimum absolute atomic E-state index is 0.176. The summed E-state index contributed by atoms with van der Waals surface area (Å²) < 4.78 is 27.2. The molecule has 2 aromatic rings. The second-order valence-corrected chi connectivity index (χ2v) is 6.57. The van der Waals surface area contributed by atoms with E-state index in [1.807, 2.05) is 0 Å². The average molecular weight is 363 g/mol. The molecule has 0 amide bonds. The Labute approximate surface area is 125 Å². The Morgan fingerprint density at radius 3 is 2.40 bits per heavy atom. The minimum atomic E-state index is -1.43. The second-order valence-electron chi connectivity index (χ2n) is 4.17. The molecule has 0 bridgehead atoms. The number of aryl methyl sites for hydroxylation is 1. The van der Waals surface area contributed by atoms with Crippen LogP contribution in [0.1, 0.15) is 32.5 Å². The van der Waals surface area contributed by atoms with Crippen molar-refractivity contribution in [3.8, 4) is 0 Å². The van der Waals surface area contributed by atoms with Gasteiger partial charge in [0.25, 0.3) is 0 Å². The largest absolute Gasteiger partial charge is 0.478 e. The molecular weight excluding hydrogens is 354 g/mol. The summed E-state index contributed by atoms with van der Waals surface area (Å²) in [5, 5.41) is 19.2. The van der Waals surface area contributed by atoms with Gasteiger partial charge in [0.05, 0.1) is 9.35 Å². The smallest absolute Gasteiger partial charge is 0.336 e. The molecule has 0 aliphatic heterocycles. The van der Waals surface area contributed by atoms with Crippen LogP contribution >= 0.6 is 27.3 Å². The molecule has 0 saturated heterocycles. The molecule has 1 atom stereocenters. The molecule has 1 aromatic heterocycles.